The average molecular weight is 316 g/mol. The number of rotatable bonds is 5. The fourth-order valence-corrected chi connectivity index (χ4v) is 3.62. The summed E-state index contributed by atoms with van der Waals surface area (Å²) in [6.07, 6.45) is 1.59. The second kappa shape index (κ2) is 5.96. The first-order chi connectivity index (χ1) is 9.44. The largest absolute Gasteiger partial charge is 0.392 e. The Hall–Kier alpha value is -1.35. The third-order valence-electron chi connectivity index (χ3n) is 2.65. The van der Waals surface area contributed by atoms with Crippen molar-refractivity contribution in [2.24, 2.45) is 0 Å². The molecule has 2 N–H and O–H groups in total. The second-order valence-electron chi connectivity index (χ2n) is 4.12. The van der Waals surface area contributed by atoms with Gasteiger partial charge in [-0.2, -0.15) is 0 Å². The van der Waals surface area contributed by atoms with Gasteiger partial charge in [-0.15, -0.1) is 11.3 Å². The van der Waals surface area contributed by atoms with Gasteiger partial charge in [-0.3, -0.25) is 0 Å². The SMILES string of the molecule is CC(NS(=O)(=O)c1ccc(F)c(CO)c1)c1nccs1. The lowest BCUT2D eigenvalue weighted by Crippen LogP contribution is -2.27. The number of nitrogens with zero attached hydrogens (tertiary/aromatic N) is 1. The zero-order chi connectivity index (χ0) is 14.8. The van der Waals surface area contributed by atoms with Gasteiger partial charge in [0, 0.05) is 17.1 Å². The Morgan fingerprint density at radius 2 is 2.25 bits per heavy atom. The molecule has 1 heterocycles. The van der Waals surface area contributed by atoms with Crippen molar-refractivity contribution in [3.05, 3.63) is 46.2 Å². The van der Waals surface area contributed by atoms with E-state index in [1.165, 1.54) is 11.3 Å². The van der Waals surface area contributed by atoms with Crippen LogP contribution >= 0.6 is 11.3 Å². The van der Waals surface area contributed by atoms with E-state index < -0.39 is 28.5 Å². The lowest BCUT2D eigenvalue weighted by molar-refractivity contribution is 0.275. The van der Waals surface area contributed by atoms with Crippen LogP contribution < -0.4 is 4.72 Å². The summed E-state index contributed by atoms with van der Waals surface area (Å²) in [5.41, 5.74) is -0.0604. The molecule has 0 radical (unpaired) electrons. The molecular formula is C12H13FN2O3S2. The van der Waals surface area contributed by atoms with Gasteiger partial charge in [0.25, 0.3) is 0 Å². The van der Waals surface area contributed by atoms with E-state index >= 15 is 0 Å². The summed E-state index contributed by atoms with van der Waals surface area (Å²) >= 11 is 1.34. The van der Waals surface area contributed by atoms with Crippen LogP contribution in [0.4, 0.5) is 4.39 Å². The number of aromatic nitrogens is 1. The van der Waals surface area contributed by atoms with Gasteiger partial charge < -0.3 is 5.11 Å². The molecule has 0 aliphatic rings. The van der Waals surface area contributed by atoms with Crippen LogP contribution in [0.2, 0.25) is 0 Å². The molecule has 0 amide bonds. The number of hydrogen-bond acceptors (Lipinski definition) is 5. The lowest BCUT2D eigenvalue weighted by atomic mass is 10.2. The van der Waals surface area contributed by atoms with Crippen LogP contribution in [0.25, 0.3) is 0 Å². The quantitative estimate of drug-likeness (QED) is 0.882. The molecule has 1 atom stereocenters. The summed E-state index contributed by atoms with van der Waals surface area (Å²) < 4.78 is 40.1. The monoisotopic (exact) mass is 316 g/mol. The van der Waals surface area contributed by atoms with Gasteiger partial charge in [0.15, 0.2) is 0 Å². The number of benzene rings is 1. The van der Waals surface area contributed by atoms with Gasteiger partial charge in [-0.1, -0.05) is 0 Å². The molecule has 1 aromatic heterocycles. The van der Waals surface area contributed by atoms with Crippen LogP contribution in [0.15, 0.2) is 34.7 Å². The Morgan fingerprint density at radius 1 is 1.50 bits per heavy atom. The number of halogens is 1. The molecule has 0 aliphatic heterocycles. The van der Waals surface area contributed by atoms with Crippen LogP contribution in [0.5, 0.6) is 0 Å². The summed E-state index contributed by atoms with van der Waals surface area (Å²) in [5.74, 6) is -0.639. The standard InChI is InChI=1S/C12H13FN2O3S2/c1-8(12-14-4-5-19-12)15-20(17,18)10-2-3-11(13)9(6-10)7-16/h2-6,8,15-16H,7H2,1H3. The van der Waals surface area contributed by atoms with Crippen molar-refractivity contribution in [3.63, 3.8) is 0 Å². The molecule has 2 rings (SSSR count). The van der Waals surface area contributed by atoms with E-state index in [-0.39, 0.29) is 10.5 Å². The summed E-state index contributed by atoms with van der Waals surface area (Å²) in [5, 5.41) is 11.4. The Morgan fingerprint density at radius 3 is 2.85 bits per heavy atom. The number of thiazole rings is 1. The molecule has 0 aliphatic carbocycles. The molecule has 8 heteroatoms. The lowest BCUT2D eigenvalue weighted by Gasteiger charge is -2.12. The molecule has 0 fully saturated rings. The molecule has 0 saturated carbocycles. The van der Waals surface area contributed by atoms with Gasteiger partial charge >= 0.3 is 0 Å². The Balaban J connectivity index is 2.26. The normalized spacial score (nSPS) is 13.3. The van der Waals surface area contributed by atoms with E-state index in [1.807, 2.05) is 0 Å². The highest BCUT2D eigenvalue weighted by Gasteiger charge is 2.20. The van der Waals surface area contributed by atoms with E-state index in [9.17, 15) is 12.8 Å². The van der Waals surface area contributed by atoms with Crippen LogP contribution in [0, 0.1) is 5.82 Å². The number of aliphatic hydroxyl groups is 1. The molecule has 0 saturated heterocycles. The van der Waals surface area contributed by atoms with Gasteiger partial charge in [0.2, 0.25) is 10.0 Å². The maximum absolute atomic E-state index is 13.3. The van der Waals surface area contributed by atoms with Crippen molar-refractivity contribution < 1.29 is 17.9 Å². The molecular weight excluding hydrogens is 303 g/mol. The van der Waals surface area contributed by atoms with Crippen LogP contribution in [-0.4, -0.2) is 18.5 Å². The smallest absolute Gasteiger partial charge is 0.241 e. The zero-order valence-corrected chi connectivity index (χ0v) is 12.2. The molecule has 2 aromatic rings. The molecule has 108 valence electrons. The van der Waals surface area contributed by atoms with Gasteiger partial charge in [-0.25, -0.2) is 22.5 Å². The van der Waals surface area contributed by atoms with Crippen LogP contribution in [0.1, 0.15) is 23.5 Å². The first-order valence-corrected chi connectivity index (χ1v) is 8.11. The minimum atomic E-state index is -3.80. The second-order valence-corrected chi connectivity index (χ2v) is 6.76. The summed E-state index contributed by atoms with van der Waals surface area (Å²) in [6, 6.07) is 2.81. The maximum Gasteiger partial charge on any atom is 0.241 e. The zero-order valence-electron chi connectivity index (χ0n) is 10.6. The van der Waals surface area contributed by atoms with Gasteiger partial charge in [0.1, 0.15) is 10.8 Å². The number of hydrogen-bond donors (Lipinski definition) is 2. The van der Waals surface area contributed by atoms with Crippen molar-refractivity contribution in [1.82, 2.24) is 9.71 Å². The fourth-order valence-electron chi connectivity index (χ4n) is 1.64. The Labute approximate surface area is 120 Å². The average Bonchev–Trinajstić information content (AvgIpc) is 2.92. The van der Waals surface area contributed by atoms with Crippen LogP contribution in [0.3, 0.4) is 0 Å². The molecule has 5 nitrogen and oxygen atoms in total. The predicted molar refractivity (Wildman–Crippen MR) is 73.2 cm³/mol. The topological polar surface area (TPSA) is 79.3 Å². The van der Waals surface area contributed by atoms with Crippen LogP contribution in [-0.2, 0) is 16.6 Å². The number of aliphatic hydroxyl groups excluding tert-OH is 1. The Kier molecular flexibility index (Phi) is 4.48. The van der Waals surface area contributed by atoms with Crippen molar-refractivity contribution in [2.75, 3.05) is 0 Å². The van der Waals surface area contributed by atoms with Crippen molar-refractivity contribution in [2.45, 2.75) is 24.5 Å². The molecule has 1 unspecified atom stereocenters. The van der Waals surface area contributed by atoms with Crippen molar-refractivity contribution in [3.8, 4) is 0 Å². The number of nitrogens with one attached hydrogen (secondary N) is 1. The summed E-state index contributed by atoms with van der Waals surface area (Å²) in [6.45, 7) is 1.12. The first-order valence-electron chi connectivity index (χ1n) is 5.75. The first kappa shape index (κ1) is 15.0. The van der Waals surface area contributed by atoms with E-state index in [0.717, 1.165) is 18.2 Å². The van der Waals surface area contributed by atoms with E-state index in [0.29, 0.717) is 5.01 Å². The third-order valence-corrected chi connectivity index (χ3v) is 5.15. The highest BCUT2D eigenvalue weighted by Crippen LogP contribution is 2.20. The van der Waals surface area contributed by atoms with E-state index in [2.05, 4.69) is 9.71 Å². The Bertz CT molecular complexity index is 687. The third kappa shape index (κ3) is 3.21. The maximum atomic E-state index is 13.3. The minimum Gasteiger partial charge on any atom is -0.392 e. The number of sulfonamides is 1. The van der Waals surface area contributed by atoms with Crippen molar-refractivity contribution >= 4 is 21.4 Å². The minimum absolute atomic E-state index is 0.0604. The molecule has 0 spiro atoms. The summed E-state index contributed by atoms with van der Waals surface area (Å²) in [7, 11) is -3.80. The highest BCUT2D eigenvalue weighted by molar-refractivity contribution is 7.89. The highest BCUT2D eigenvalue weighted by atomic mass is 32.2. The molecule has 0 bridgehead atoms. The predicted octanol–water partition coefficient (Wildman–Crippen LogP) is 1.81. The van der Waals surface area contributed by atoms with E-state index in [4.69, 9.17) is 5.11 Å². The van der Waals surface area contributed by atoms with Gasteiger partial charge in [-0.05, 0) is 25.1 Å². The fraction of sp³-hybridized carbons (Fsp3) is 0.250. The summed E-state index contributed by atoms with van der Waals surface area (Å²) in [4.78, 5) is 3.94. The van der Waals surface area contributed by atoms with Gasteiger partial charge in [0.05, 0.1) is 17.5 Å². The van der Waals surface area contributed by atoms with Crippen molar-refractivity contribution in [1.29, 1.82) is 0 Å². The molecule has 1 aromatic carbocycles. The molecule has 20 heavy (non-hydrogen) atoms. The van der Waals surface area contributed by atoms with E-state index in [1.54, 1.807) is 18.5 Å².